The number of amides is 1. The van der Waals surface area contributed by atoms with Crippen molar-refractivity contribution in [2.75, 3.05) is 40.3 Å². The van der Waals surface area contributed by atoms with E-state index < -0.39 is 5.60 Å². The summed E-state index contributed by atoms with van der Waals surface area (Å²) in [6, 6.07) is 9.47. The van der Waals surface area contributed by atoms with Crippen molar-refractivity contribution in [2.24, 2.45) is 0 Å². The Labute approximate surface area is 126 Å². The van der Waals surface area contributed by atoms with E-state index in [1.807, 2.05) is 49.3 Å². The SMILES string of the molecule is CN(C)CC1(O)CCN(C(=O)CCOc2ccccc2)C1. The number of ether oxygens (including phenoxy) is 1. The molecule has 21 heavy (non-hydrogen) atoms. The van der Waals surface area contributed by atoms with Gasteiger partial charge >= 0.3 is 0 Å². The van der Waals surface area contributed by atoms with Crippen LogP contribution >= 0.6 is 0 Å². The summed E-state index contributed by atoms with van der Waals surface area (Å²) in [4.78, 5) is 15.8. The third kappa shape index (κ3) is 4.72. The Morgan fingerprint density at radius 2 is 2.10 bits per heavy atom. The second-order valence-electron chi connectivity index (χ2n) is 5.94. The highest BCUT2D eigenvalue weighted by molar-refractivity contribution is 5.76. The molecule has 1 aromatic carbocycles. The van der Waals surface area contributed by atoms with Crippen LogP contribution in [0.3, 0.4) is 0 Å². The van der Waals surface area contributed by atoms with Crippen LogP contribution in [0.2, 0.25) is 0 Å². The molecule has 5 heteroatoms. The third-order valence-electron chi connectivity index (χ3n) is 3.62. The van der Waals surface area contributed by atoms with Gasteiger partial charge < -0.3 is 19.6 Å². The summed E-state index contributed by atoms with van der Waals surface area (Å²) in [7, 11) is 3.85. The van der Waals surface area contributed by atoms with Crippen molar-refractivity contribution in [2.45, 2.75) is 18.4 Å². The van der Waals surface area contributed by atoms with Crippen LogP contribution in [0.1, 0.15) is 12.8 Å². The lowest BCUT2D eigenvalue weighted by molar-refractivity contribution is -0.131. The molecular formula is C16H24N2O3. The van der Waals surface area contributed by atoms with Gasteiger partial charge in [-0.25, -0.2) is 0 Å². The van der Waals surface area contributed by atoms with Gasteiger partial charge in [-0.3, -0.25) is 4.79 Å². The number of aliphatic hydroxyl groups is 1. The van der Waals surface area contributed by atoms with Gasteiger partial charge in [0.1, 0.15) is 5.75 Å². The number of likely N-dealkylation sites (N-methyl/N-ethyl adjacent to an activating group) is 1. The number of carbonyl (C=O) groups is 1. The fourth-order valence-electron chi connectivity index (χ4n) is 2.72. The predicted molar refractivity (Wildman–Crippen MR) is 81.3 cm³/mol. The van der Waals surface area contributed by atoms with Gasteiger partial charge in [0.05, 0.1) is 25.2 Å². The van der Waals surface area contributed by atoms with Crippen LogP contribution in [0.25, 0.3) is 0 Å². The van der Waals surface area contributed by atoms with E-state index in [4.69, 9.17) is 4.74 Å². The maximum atomic E-state index is 12.1. The summed E-state index contributed by atoms with van der Waals surface area (Å²) >= 11 is 0. The van der Waals surface area contributed by atoms with Crippen molar-refractivity contribution in [1.29, 1.82) is 0 Å². The van der Waals surface area contributed by atoms with Crippen molar-refractivity contribution in [3.8, 4) is 5.75 Å². The maximum Gasteiger partial charge on any atom is 0.226 e. The number of β-amino-alcohol motifs (C(OH)–C–C–N with tert-alkyl or cyclic N) is 1. The lowest BCUT2D eigenvalue weighted by atomic mass is 10.0. The van der Waals surface area contributed by atoms with Gasteiger partial charge in [0.25, 0.3) is 0 Å². The topological polar surface area (TPSA) is 53.0 Å². The summed E-state index contributed by atoms with van der Waals surface area (Å²) in [6.07, 6.45) is 0.976. The highest BCUT2D eigenvalue weighted by Gasteiger charge is 2.38. The number of benzene rings is 1. The minimum absolute atomic E-state index is 0.0422. The molecule has 0 aliphatic carbocycles. The van der Waals surface area contributed by atoms with E-state index in [2.05, 4.69) is 0 Å². The molecule has 1 atom stereocenters. The van der Waals surface area contributed by atoms with Crippen LogP contribution in [0.15, 0.2) is 30.3 Å². The average molecular weight is 292 g/mol. The number of likely N-dealkylation sites (tertiary alicyclic amines) is 1. The van der Waals surface area contributed by atoms with Crippen LogP contribution in [0, 0.1) is 0 Å². The van der Waals surface area contributed by atoms with Gasteiger partial charge in [-0.2, -0.15) is 0 Å². The summed E-state index contributed by atoms with van der Waals surface area (Å²) in [6.45, 7) is 1.98. The van der Waals surface area contributed by atoms with Gasteiger partial charge in [0.2, 0.25) is 5.91 Å². The van der Waals surface area contributed by atoms with Crippen LogP contribution < -0.4 is 4.74 Å². The summed E-state index contributed by atoms with van der Waals surface area (Å²) < 4.78 is 5.53. The minimum Gasteiger partial charge on any atom is -0.493 e. The molecule has 1 aliphatic rings. The molecule has 1 saturated heterocycles. The van der Waals surface area contributed by atoms with Crippen molar-refractivity contribution < 1.29 is 14.6 Å². The minimum atomic E-state index is -0.778. The maximum absolute atomic E-state index is 12.1. The molecule has 2 rings (SSSR count). The lowest BCUT2D eigenvalue weighted by Crippen LogP contribution is -2.43. The van der Waals surface area contributed by atoms with Gasteiger partial charge in [-0.15, -0.1) is 0 Å². The van der Waals surface area contributed by atoms with Gasteiger partial charge in [-0.1, -0.05) is 18.2 Å². The molecule has 116 valence electrons. The van der Waals surface area contributed by atoms with Crippen LogP contribution in [0.5, 0.6) is 5.75 Å². The number of para-hydroxylation sites is 1. The quantitative estimate of drug-likeness (QED) is 0.849. The Hall–Kier alpha value is -1.59. The van der Waals surface area contributed by atoms with Crippen LogP contribution in [-0.4, -0.2) is 66.8 Å². The second kappa shape index (κ2) is 6.91. The molecule has 0 aromatic heterocycles. The van der Waals surface area contributed by atoms with Gasteiger partial charge in [0, 0.05) is 13.1 Å². The van der Waals surface area contributed by atoms with Crippen molar-refractivity contribution >= 4 is 5.91 Å². The van der Waals surface area contributed by atoms with Crippen molar-refractivity contribution in [3.63, 3.8) is 0 Å². The van der Waals surface area contributed by atoms with E-state index in [9.17, 15) is 9.90 Å². The highest BCUT2D eigenvalue weighted by atomic mass is 16.5. The van der Waals surface area contributed by atoms with Crippen molar-refractivity contribution in [1.82, 2.24) is 9.80 Å². The zero-order valence-corrected chi connectivity index (χ0v) is 12.8. The van der Waals surface area contributed by atoms with Gasteiger partial charge in [-0.05, 0) is 32.6 Å². The highest BCUT2D eigenvalue weighted by Crippen LogP contribution is 2.22. The number of nitrogens with zero attached hydrogens (tertiary/aromatic N) is 2. The average Bonchev–Trinajstić information content (AvgIpc) is 2.81. The van der Waals surface area contributed by atoms with E-state index >= 15 is 0 Å². The first-order chi connectivity index (χ1) is 9.98. The van der Waals surface area contributed by atoms with E-state index in [1.165, 1.54) is 0 Å². The zero-order chi connectivity index (χ0) is 15.3. The van der Waals surface area contributed by atoms with Gasteiger partial charge in [0.15, 0.2) is 0 Å². The van der Waals surface area contributed by atoms with E-state index in [1.54, 1.807) is 4.90 Å². The molecule has 0 spiro atoms. The molecule has 5 nitrogen and oxygen atoms in total. The molecule has 1 heterocycles. The Morgan fingerprint density at radius 3 is 2.76 bits per heavy atom. The molecule has 1 unspecified atom stereocenters. The molecule has 0 radical (unpaired) electrons. The van der Waals surface area contributed by atoms with Crippen LogP contribution in [-0.2, 0) is 4.79 Å². The largest absolute Gasteiger partial charge is 0.493 e. The first kappa shape index (κ1) is 15.8. The summed E-state index contributed by atoms with van der Waals surface area (Å²) in [5, 5.41) is 10.4. The van der Waals surface area contributed by atoms with E-state index in [0.717, 1.165) is 5.75 Å². The Kier molecular flexibility index (Phi) is 5.20. The monoisotopic (exact) mass is 292 g/mol. The molecule has 1 aromatic rings. The normalized spacial score (nSPS) is 21.8. The Morgan fingerprint density at radius 1 is 1.38 bits per heavy atom. The molecule has 1 N–H and O–H groups in total. The second-order valence-corrected chi connectivity index (χ2v) is 5.94. The fraction of sp³-hybridized carbons (Fsp3) is 0.562. The number of carbonyl (C=O) groups excluding carboxylic acids is 1. The smallest absolute Gasteiger partial charge is 0.226 e. The first-order valence-electron chi connectivity index (χ1n) is 7.31. The molecular weight excluding hydrogens is 268 g/mol. The lowest BCUT2D eigenvalue weighted by Gasteiger charge is -2.26. The van der Waals surface area contributed by atoms with E-state index in [-0.39, 0.29) is 5.91 Å². The van der Waals surface area contributed by atoms with Crippen LogP contribution in [0.4, 0.5) is 0 Å². The number of hydrogen-bond acceptors (Lipinski definition) is 4. The van der Waals surface area contributed by atoms with Crippen molar-refractivity contribution in [3.05, 3.63) is 30.3 Å². The third-order valence-corrected chi connectivity index (χ3v) is 3.62. The predicted octanol–water partition coefficient (Wildman–Crippen LogP) is 0.980. The first-order valence-corrected chi connectivity index (χ1v) is 7.31. The summed E-state index contributed by atoms with van der Waals surface area (Å²) in [5.74, 6) is 0.816. The molecule has 1 aliphatic heterocycles. The molecule has 1 fully saturated rings. The Balaban J connectivity index is 1.74. The number of rotatable bonds is 6. The zero-order valence-electron chi connectivity index (χ0n) is 12.8. The summed E-state index contributed by atoms with van der Waals surface area (Å²) in [5.41, 5.74) is -0.778. The Bertz CT molecular complexity index is 464. The molecule has 0 saturated carbocycles. The number of hydrogen-bond donors (Lipinski definition) is 1. The molecule has 0 bridgehead atoms. The van der Waals surface area contributed by atoms with E-state index in [0.29, 0.717) is 39.1 Å². The molecule has 1 amide bonds. The standard InChI is InChI=1S/C16H24N2O3/c1-17(2)12-16(20)9-10-18(13-16)15(19)8-11-21-14-6-4-3-5-7-14/h3-7,20H,8-13H2,1-2H3. The fourth-order valence-corrected chi connectivity index (χ4v) is 2.72.